The van der Waals surface area contributed by atoms with Crippen molar-refractivity contribution in [3.05, 3.63) is 0 Å². The molecule has 0 saturated heterocycles. The molecule has 76 valence electrons. The molecule has 12 heavy (non-hydrogen) atoms. The van der Waals surface area contributed by atoms with Gasteiger partial charge in [-0.25, -0.2) is 0 Å². The van der Waals surface area contributed by atoms with Gasteiger partial charge in [-0.3, -0.25) is 0 Å². The normalized spacial score (nSPS) is 14.8. The van der Waals surface area contributed by atoms with Crippen LogP contribution in [0.5, 0.6) is 0 Å². The van der Waals surface area contributed by atoms with Crippen LogP contribution in [0.25, 0.3) is 0 Å². The van der Waals surface area contributed by atoms with Gasteiger partial charge in [-0.05, 0) is 0 Å². The van der Waals surface area contributed by atoms with Crippen LogP contribution in [0.4, 0.5) is 0 Å². The van der Waals surface area contributed by atoms with Gasteiger partial charge < -0.3 is 0 Å². The quantitative estimate of drug-likeness (QED) is 0.509. The molecule has 2 N–H and O–H groups in total. The topological polar surface area (TPSA) is 58.9 Å². The zero-order chi connectivity index (χ0) is 9.83. The number of rotatable bonds is 5. The van der Waals surface area contributed by atoms with E-state index in [1.165, 1.54) is 6.66 Å². The fourth-order valence-electron chi connectivity index (χ4n) is 0.866. The summed E-state index contributed by atoms with van der Waals surface area (Å²) < 4.78 is 10.3. The van der Waals surface area contributed by atoms with Gasteiger partial charge in [0.2, 0.25) is 0 Å². The summed E-state index contributed by atoms with van der Waals surface area (Å²) >= 11 is 0. The van der Waals surface area contributed by atoms with E-state index < -0.39 is 13.2 Å². The molecule has 0 radical (unpaired) electrons. The Morgan fingerprint density at radius 2 is 1.50 bits per heavy atom. The van der Waals surface area contributed by atoms with Gasteiger partial charge in [-0.15, -0.1) is 0 Å². The fourth-order valence-corrected chi connectivity index (χ4v) is 1.70. The second-order valence-electron chi connectivity index (χ2n) is 2.83. The van der Waals surface area contributed by atoms with Crippen molar-refractivity contribution in [1.82, 2.24) is 0 Å². The summed E-state index contributed by atoms with van der Waals surface area (Å²) in [5.74, 6) is 0. The van der Waals surface area contributed by atoms with Crippen molar-refractivity contribution in [1.29, 1.82) is 0 Å². The summed E-state index contributed by atoms with van der Waals surface area (Å²) in [4.78, 5) is 18.9. The van der Waals surface area contributed by atoms with E-state index in [0.29, 0.717) is 13.2 Å². The molecule has 0 spiro atoms. The first-order valence-electron chi connectivity index (χ1n) is 4.10. The Morgan fingerprint density at radius 3 is 1.67 bits per heavy atom. The molecule has 0 bridgehead atoms. The van der Waals surface area contributed by atoms with Crippen LogP contribution in [0.2, 0.25) is 0 Å². The summed E-state index contributed by atoms with van der Waals surface area (Å²) in [5, 5.41) is 0. The van der Waals surface area contributed by atoms with Gasteiger partial charge in [0.05, 0.1) is 0 Å². The van der Waals surface area contributed by atoms with Crippen molar-refractivity contribution in [2.24, 2.45) is 0 Å². The molecule has 4 nitrogen and oxygen atoms in total. The van der Waals surface area contributed by atoms with Crippen LogP contribution >= 0.6 is 7.72 Å². The van der Waals surface area contributed by atoms with Crippen LogP contribution < -0.4 is 0 Å². The van der Waals surface area contributed by atoms with Crippen LogP contribution in [0.3, 0.4) is 0 Å². The maximum atomic E-state index is 9.44. The standard InChI is InChI=1S/C7H19O4P/c1-5-10-7(3,11-6-2)12(4,8)9/h8-9,12H,5-6H2,1-4H3. The van der Waals surface area contributed by atoms with Crippen molar-refractivity contribution in [3.63, 3.8) is 0 Å². The van der Waals surface area contributed by atoms with Gasteiger partial charge in [0, 0.05) is 0 Å². The van der Waals surface area contributed by atoms with E-state index in [2.05, 4.69) is 0 Å². The van der Waals surface area contributed by atoms with Crippen LogP contribution in [-0.4, -0.2) is 35.2 Å². The van der Waals surface area contributed by atoms with Gasteiger partial charge in [-0.1, -0.05) is 0 Å². The Labute approximate surface area is 74.0 Å². The van der Waals surface area contributed by atoms with Gasteiger partial charge >= 0.3 is 73.2 Å². The molecule has 0 aromatic carbocycles. The molecule has 0 saturated carbocycles. The molecule has 0 heterocycles. The van der Waals surface area contributed by atoms with Gasteiger partial charge in [0.25, 0.3) is 0 Å². The van der Waals surface area contributed by atoms with Gasteiger partial charge in [0.1, 0.15) is 0 Å². The van der Waals surface area contributed by atoms with Crippen molar-refractivity contribution in [2.45, 2.75) is 26.3 Å². The van der Waals surface area contributed by atoms with Crippen molar-refractivity contribution in [2.75, 3.05) is 19.9 Å². The minimum absolute atomic E-state index is 0.403. The van der Waals surface area contributed by atoms with Crippen LogP contribution in [0.1, 0.15) is 20.8 Å². The van der Waals surface area contributed by atoms with E-state index >= 15 is 0 Å². The van der Waals surface area contributed by atoms with Crippen LogP contribution in [-0.2, 0) is 9.47 Å². The molecule has 0 unspecified atom stereocenters. The summed E-state index contributed by atoms with van der Waals surface area (Å²) in [6.45, 7) is 7.32. The van der Waals surface area contributed by atoms with Crippen LogP contribution in [0, 0.1) is 0 Å². The second-order valence-corrected chi connectivity index (χ2v) is 5.78. The molecule has 0 rings (SSSR count). The molecular weight excluding hydrogens is 179 g/mol. The Kier molecular flexibility index (Phi) is 4.59. The third-order valence-corrected chi connectivity index (χ3v) is 3.71. The number of hydrogen-bond acceptors (Lipinski definition) is 4. The SMILES string of the molecule is CCOC(C)(OCC)[PH](C)(O)O. The first kappa shape index (κ1) is 12.3. The van der Waals surface area contributed by atoms with Crippen molar-refractivity contribution >= 4 is 7.72 Å². The summed E-state index contributed by atoms with van der Waals surface area (Å²) in [6, 6.07) is 0. The zero-order valence-corrected chi connectivity index (χ0v) is 9.13. The van der Waals surface area contributed by atoms with Crippen LogP contribution in [0.15, 0.2) is 0 Å². The average Bonchev–Trinajstić information content (AvgIpc) is 1.86. The molecule has 0 atom stereocenters. The molecule has 0 aliphatic carbocycles. The molecule has 0 aliphatic heterocycles. The average molecular weight is 198 g/mol. The number of ether oxygens (including phenoxy) is 2. The van der Waals surface area contributed by atoms with E-state index in [9.17, 15) is 9.79 Å². The molecule has 0 aromatic rings. The van der Waals surface area contributed by atoms with E-state index in [0.717, 1.165) is 0 Å². The van der Waals surface area contributed by atoms with Crippen molar-refractivity contribution < 1.29 is 19.3 Å². The predicted octanol–water partition coefficient (Wildman–Crippen LogP) is 0.927. The molecule has 0 amide bonds. The Bertz CT molecular complexity index is 126. The molecule has 0 aromatic heterocycles. The third kappa shape index (κ3) is 2.96. The minimum atomic E-state index is -3.40. The zero-order valence-electron chi connectivity index (χ0n) is 8.13. The van der Waals surface area contributed by atoms with Gasteiger partial charge in [0.15, 0.2) is 0 Å². The Morgan fingerprint density at radius 1 is 1.17 bits per heavy atom. The van der Waals surface area contributed by atoms with E-state index in [4.69, 9.17) is 9.47 Å². The number of hydrogen-bond donors (Lipinski definition) is 2. The third-order valence-electron chi connectivity index (χ3n) is 1.70. The molecule has 0 aliphatic rings. The van der Waals surface area contributed by atoms with Gasteiger partial charge in [-0.2, -0.15) is 0 Å². The Hall–Kier alpha value is 0.270. The van der Waals surface area contributed by atoms with Crippen molar-refractivity contribution in [3.8, 4) is 0 Å². The monoisotopic (exact) mass is 198 g/mol. The maximum absolute atomic E-state index is 9.44. The summed E-state index contributed by atoms with van der Waals surface area (Å²) in [5.41, 5.74) is -1.21. The van der Waals surface area contributed by atoms with E-state index in [1.807, 2.05) is 0 Å². The summed E-state index contributed by atoms with van der Waals surface area (Å²) in [7, 11) is -3.40. The summed E-state index contributed by atoms with van der Waals surface area (Å²) in [6.07, 6.45) is 0. The predicted molar refractivity (Wildman–Crippen MR) is 50.3 cm³/mol. The molecule has 5 heteroatoms. The first-order valence-corrected chi connectivity index (χ1v) is 6.49. The first-order chi connectivity index (χ1) is 5.37. The second kappa shape index (κ2) is 4.49. The fraction of sp³-hybridized carbons (Fsp3) is 1.00. The Balaban J connectivity index is 4.38. The van der Waals surface area contributed by atoms with E-state index in [-0.39, 0.29) is 0 Å². The molecule has 0 fully saturated rings. The van der Waals surface area contributed by atoms with E-state index in [1.54, 1.807) is 20.8 Å². The molecular formula is C7H19O4P.